The molecule has 1 saturated heterocycles. The van der Waals surface area contributed by atoms with Crippen molar-refractivity contribution in [3.05, 3.63) is 65.5 Å². The maximum atomic E-state index is 13.0. The van der Waals surface area contributed by atoms with E-state index in [1.165, 1.54) is 12.1 Å². The lowest BCUT2D eigenvalue weighted by molar-refractivity contribution is 0.185. The van der Waals surface area contributed by atoms with E-state index in [4.69, 9.17) is 10.5 Å². The van der Waals surface area contributed by atoms with Crippen molar-refractivity contribution in [3.63, 3.8) is 0 Å². The Balaban J connectivity index is 0.00000261. The Kier molecular flexibility index (Phi) is 8.30. The molecule has 27 heavy (non-hydrogen) atoms. The van der Waals surface area contributed by atoms with E-state index in [1.54, 1.807) is 7.11 Å². The predicted octanol–water partition coefficient (Wildman–Crippen LogP) is 3.23. The third kappa shape index (κ3) is 6.07. The maximum Gasteiger partial charge on any atom is 0.191 e. The highest BCUT2D eigenvalue weighted by molar-refractivity contribution is 14.0. The molecule has 1 heterocycles. The first kappa shape index (κ1) is 21.4. The molecule has 0 unspecified atom stereocenters. The summed E-state index contributed by atoms with van der Waals surface area (Å²) in [7, 11) is 1.69. The lowest BCUT2D eigenvalue weighted by Crippen LogP contribution is -2.51. The molecule has 0 saturated carbocycles. The van der Waals surface area contributed by atoms with E-state index < -0.39 is 0 Å². The molecule has 5 nitrogen and oxygen atoms in total. The summed E-state index contributed by atoms with van der Waals surface area (Å²) in [5.74, 6) is 0.360. The van der Waals surface area contributed by atoms with Crippen LogP contribution < -0.4 is 10.6 Å². The number of ether oxygens (including phenoxy) is 1. The lowest BCUT2D eigenvalue weighted by atomic mass is 10.1. The summed E-state index contributed by atoms with van der Waals surface area (Å²) in [5.41, 5.74) is 9.47. The standard InChI is InChI=1S/C20H25FN4O.HI/c1-26-15-17-4-2-3-16(13-17)14-23-20(22)25-11-9-24(10-12-25)19-7-5-18(21)6-8-19;/h2-8,13H,9-12,14-15H2,1H3,(H2,22,23);1H. The molecular weight excluding hydrogens is 458 g/mol. The average molecular weight is 484 g/mol. The van der Waals surface area contributed by atoms with Gasteiger partial charge in [0.2, 0.25) is 0 Å². The van der Waals surface area contributed by atoms with Crippen LogP contribution in [-0.2, 0) is 17.9 Å². The van der Waals surface area contributed by atoms with Crippen LogP contribution in [0.3, 0.4) is 0 Å². The number of nitrogens with zero attached hydrogens (tertiary/aromatic N) is 3. The Morgan fingerprint density at radius 3 is 2.41 bits per heavy atom. The van der Waals surface area contributed by atoms with Crippen molar-refractivity contribution >= 4 is 35.6 Å². The van der Waals surface area contributed by atoms with Crippen LogP contribution in [-0.4, -0.2) is 44.1 Å². The largest absolute Gasteiger partial charge is 0.380 e. The first-order valence-electron chi connectivity index (χ1n) is 8.78. The van der Waals surface area contributed by atoms with Crippen LogP contribution >= 0.6 is 24.0 Å². The normalized spacial score (nSPS) is 14.8. The zero-order valence-electron chi connectivity index (χ0n) is 15.5. The molecule has 146 valence electrons. The molecule has 2 N–H and O–H groups in total. The molecule has 2 aromatic carbocycles. The second kappa shape index (κ2) is 10.5. The first-order valence-corrected chi connectivity index (χ1v) is 8.78. The van der Waals surface area contributed by atoms with Gasteiger partial charge < -0.3 is 20.3 Å². The van der Waals surface area contributed by atoms with Crippen LogP contribution in [0.5, 0.6) is 0 Å². The average Bonchev–Trinajstić information content (AvgIpc) is 2.67. The van der Waals surface area contributed by atoms with Crippen molar-refractivity contribution in [3.8, 4) is 0 Å². The Morgan fingerprint density at radius 1 is 1.07 bits per heavy atom. The minimum atomic E-state index is -0.210. The molecular formula is C20H26FIN4O. The molecule has 0 aliphatic carbocycles. The molecule has 2 aromatic rings. The van der Waals surface area contributed by atoms with E-state index in [0.29, 0.717) is 19.1 Å². The number of guanidine groups is 1. The number of hydrogen-bond donors (Lipinski definition) is 1. The van der Waals surface area contributed by atoms with Gasteiger partial charge in [-0.25, -0.2) is 9.38 Å². The Labute approximate surface area is 177 Å². The van der Waals surface area contributed by atoms with E-state index in [-0.39, 0.29) is 29.8 Å². The van der Waals surface area contributed by atoms with Gasteiger partial charge in [0.1, 0.15) is 5.82 Å². The number of halogens is 2. The van der Waals surface area contributed by atoms with Gasteiger partial charge in [0.05, 0.1) is 13.2 Å². The van der Waals surface area contributed by atoms with Gasteiger partial charge in [-0.2, -0.15) is 0 Å². The third-order valence-electron chi connectivity index (χ3n) is 4.52. The fraction of sp³-hybridized carbons (Fsp3) is 0.350. The first-order chi connectivity index (χ1) is 12.7. The zero-order chi connectivity index (χ0) is 18.4. The van der Waals surface area contributed by atoms with Crippen molar-refractivity contribution in [2.75, 3.05) is 38.2 Å². The Morgan fingerprint density at radius 2 is 1.74 bits per heavy atom. The van der Waals surface area contributed by atoms with Crippen molar-refractivity contribution in [2.24, 2.45) is 10.7 Å². The van der Waals surface area contributed by atoms with Gasteiger partial charge in [0.15, 0.2) is 5.96 Å². The molecule has 1 aliphatic rings. The van der Waals surface area contributed by atoms with Gasteiger partial charge >= 0.3 is 0 Å². The van der Waals surface area contributed by atoms with Crippen LogP contribution in [0.25, 0.3) is 0 Å². The highest BCUT2D eigenvalue weighted by atomic mass is 127. The molecule has 0 bridgehead atoms. The molecule has 0 aromatic heterocycles. The highest BCUT2D eigenvalue weighted by Crippen LogP contribution is 2.17. The lowest BCUT2D eigenvalue weighted by Gasteiger charge is -2.36. The van der Waals surface area contributed by atoms with Gasteiger partial charge in [-0.1, -0.05) is 24.3 Å². The summed E-state index contributed by atoms with van der Waals surface area (Å²) in [4.78, 5) is 8.87. The number of benzene rings is 2. The van der Waals surface area contributed by atoms with Crippen molar-refractivity contribution < 1.29 is 9.13 Å². The smallest absolute Gasteiger partial charge is 0.191 e. The maximum absolute atomic E-state index is 13.0. The molecule has 0 spiro atoms. The van der Waals surface area contributed by atoms with Gasteiger partial charge in [0, 0.05) is 39.0 Å². The monoisotopic (exact) mass is 484 g/mol. The van der Waals surface area contributed by atoms with E-state index in [0.717, 1.165) is 43.0 Å². The fourth-order valence-electron chi connectivity index (χ4n) is 3.10. The number of aliphatic imine (C=N–C) groups is 1. The minimum Gasteiger partial charge on any atom is -0.380 e. The second-order valence-electron chi connectivity index (χ2n) is 6.38. The minimum absolute atomic E-state index is 0. The van der Waals surface area contributed by atoms with Crippen LogP contribution in [0.2, 0.25) is 0 Å². The van der Waals surface area contributed by atoms with E-state index in [2.05, 4.69) is 20.9 Å². The summed E-state index contributed by atoms with van der Waals surface area (Å²) in [6.07, 6.45) is 0. The SMILES string of the molecule is COCc1cccc(CN=C(N)N2CCN(c3ccc(F)cc3)CC2)c1.I. The summed E-state index contributed by atoms with van der Waals surface area (Å²) in [6.45, 7) is 4.43. The fourth-order valence-corrected chi connectivity index (χ4v) is 3.10. The second-order valence-corrected chi connectivity index (χ2v) is 6.38. The van der Waals surface area contributed by atoms with Crippen LogP contribution in [0.4, 0.5) is 10.1 Å². The van der Waals surface area contributed by atoms with Crippen LogP contribution in [0, 0.1) is 5.82 Å². The summed E-state index contributed by atoms with van der Waals surface area (Å²) in [5, 5.41) is 0. The van der Waals surface area contributed by atoms with E-state index >= 15 is 0 Å². The van der Waals surface area contributed by atoms with Crippen molar-refractivity contribution in [1.82, 2.24) is 4.90 Å². The number of rotatable bonds is 5. The summed E-state index contributed by atoms with van der Waals surface area (Å²) < 4.78 is 18.2. The topological polar surface area (TPSA) is 54.1 Å². The van der Waals surface area contributed by atoms with Crippen molar-refractivity contribution in [2.45, 2.75) is 13.2 Å². The van der Waals surface area contributed by atoms with Crippen LogP contribution in [0.15, 0.2) is 53.5 Å². The molecule has 1 fully saturated rings. The highest BCUT2D eigenvalue weighted by Gasteiger charge is 2.18. The molecule has 0 atom stereocenters. The van der Waals surface area contributed by atoms with Gasteiger partial charge in [0.25, 0.3) is 0 Å². The molecule has 0 amide bonds. The molecule has 7 heteroatoms. The quantitative estimate of drug-likeness (QED) is 0.403. The number of hydrogen-bond acceptors (Lipinski definition) is 3. The summed E-state index contributed by atoms with van der Waals surface area (Å²) >= 11 is 0. The van der Waals surface area contributed by atoms with Gasteiger partial charge in [-0.15, -0.1) is 24.0 Å². The van der Waals surface area contributed by atoms with E-state index in [1.807, 2.05) is 30.3 Å². The Bertz CT molecular complexity index is 746. The Hall–Kier alpha value is -1.87. The number of piperazine rings is 1. The van der Waals surface area contributed by atoms with E-state index in [9.17, 15) is 4.39 Å². The van der Waals surface area contributed by atoms with Crippen molar-refractivity contribution in [1.29, 1.82) is 0 Å². The molecule has 3 rings (SSSR count). The zero-order valence-corrected chi connectivity index (χ0v) is 17.8. The summed E-state index contributed by atoms with van der Waals surface area (Å²) in [6, 6.07) is 14.8. The molecule has 0 radical (unpaired) electrons. The van der Waals surface area contributed by atoms with Crippen LogP contribution in [0.1, 0.15) is 11.1 Å². The third-order valence-corrected chi connectivity index (χ3v) is 4.52. The van der Waals surface area contributed by atoms with Gasteiger partial charge in [-0.05, 0) is 35.4 Å². The van der Waals surface area contributed by atoms with Gasteiger partial charge in [-0.3, -0.25) is 0 Å². The predicted molar refractivity (Wildman–Crippen MR) is 118 cm³/mol. The number of anilines is 1. The molecule has 1 aliphatic heterocycles. The number of nitrogens with two attached hydrogens (primary N) is 1. The number of methoxy groups -OCH3 is 1.